The van der Waals surface area contributed by atoms with E-state index in [2.05, 4.69) is 0 Å². The number of carboxylic acid groups (broad SMARTS) is 1. The molecular formula is C25H23N3O9S4. The Labute approximate surface area is 250 Å². The fourth-order valence-electron chi connectivity index (χ4n) is 4.25. The Kier molecular flexibility index (Phi) is 8.20. The molecule has 4 heterocycles. The number of carboxylic acids is 1. The average molecular weight is 638 g/mol. The largest absolute Gasteiger partial charge is 0.480 e. The molecule has 1 aromatic carbocycles. The molecule has 0 aliphatic carbocycles. The highest BCUT2D eigenvalue weighted by Gasteiger charge is 2.35. The second-order valence-corrected chi connectivity index (χ2v) is 12.8. The Balaban J connectivity index is 1.72. The molecule has 0 spiro atoms. The van der Waals surface area contributed by atoms with Gasteiger partial charge in [-0.05, 0) is 48.5 Å². The summed E-state index contributed by atoms with van der Waals surface area (Å²) in [4.78, 5) is 52.9. The van der Waals surface area contributed by atoms with Gasteiger partial charge in [-0.1, -0.05) is 25.6 Å². The standard InChI is InChI=1S/C25H23N3O9S4/c1-4-35-19(31)9-26-13-6-14-15(37-10-36-14)7-16(13)39-23(26)12(11(2)3)5-17-21(32)27(8-18(29)30)24(40-17)20-22(33)28(34)25(38)41-20/h5-7,11,34H,4,8-10H2,1-3H3,(H,29,30)/b17-5+,23-12-,24-20-. The molecule has 2 aromatic rings. The number of hydrogen-bond acceptors (Lipinski definition) is 13. The van der Waals surface area contributed by atoms with E-state index < -0.39 is 29.9 Å². The first-order chi connectivity index (χ1) is 19.5. The summed E-state index contributed by atoms with van der Waals surface area (Å²) in [5.41, 5.74) is 0.788. The van der Waals surface area contributed by atoms with Gasteiger partial charge >= 0.3 is 11.9 Å². The zero-order valence-electron chi connectivity index (χ0n) is 21.9. The number of thioether (sulfide) groups is 2. The van der Waals surface area contributed by atoms with Crippen LogP contribution in [0.15, 0.2) is 32.4 Å². The van der Waals surface area contributed by atoms with Gasteiger partial charge in [0.2, 0.25) is 6.79 Å². The van der Waals surface area contributed by atoms with Crippen molar-refractivity contribution in [1.29, 1.82) is 0 Å². The Bertz CT molecular complexity index is 1710. The van der Waals surface area contributed by atoms with Crippen molar-refractivity contribution in [2.24, 2.45) is 5.92 Å². The fourth-order valence-corrected chi connectivity index (χ4v) is 7.91. The van der Waals surface area contributed by atoms with Crippen molar-refractivity contribution in [3.63, 3.8) is 0 Å². The lowest BCUT2D eigenvalue weighted by Gasteiger charge is -2.23. The van der Waals surface area contributed by atoms with Gasteiger partial charge in [0.05, 0.1) is 21.9 Å². The van der Waals surface area contributed by atoms with Crippen LogP contribution in [0.1, 0.15) is 20.8 Å². The molecule has 12 nitrogen and oxygen atoms in total. The highest BCUT2D eigenvalue weighted by molar-refractivity contribution is 8.30. The van der Waals surface area contributed by atoms with Crippen LogP contribution >= 0.6 is 47.1 Å². The van der Waals surface area contributed by atoms with E-state index in [4.69, 9.17) is 26.4 Å². The van der Waals surface area contributed by atoms with Crippen LogP contribution in [0.4, 0.5) is 5.69 Å². The summed E-state index contributed by atoms with van der Waals surface area (Å²) in [6, 6.07) is 3.62. The summed E-state index contributed by atoms with van der Waals surface area (Å²) in [6.45, 7) is 5.08. The molecule has 0 atom stereocenters. The van der Waals surface area contributed by atoms with Gasteiger partial charge in [0.25, 0.3) is 11.5 Å². The van der Waals surface area contributed by atoms with Crippen LogP contribution in [-0.2, 0) is 25.7 Å². The quantitative estimate of drug-likeness (QED) is 0.259. The first-order valence-corrected chi connectivity index (χ1v) is 15.1. The molecule has 1 saturated heterocycles. The number of aliphatic carboxylic acids is 1. The lowest BCUT2D eigenvalue weighted by atomic mass is 10.0. The molecule has 0 radical (unpaired) electrons. The average Bonchev–Trinajstić information content (AvgIpc) is 3.64. The second-order valence-electron chi connectivity index (χ2n) is 9.10. The van der Waals surface area contributed by atoms with Crippen molar-refractivity contribution in [2.45, 2.75) is 32.2 Å². The van der Waals surface area contributed by atoms with E-state index >= 15 is 0 Å². The summed E-state index contributed by atoms with van der Waals surface area (Å²) in [6.07, 6.45) is 1.65. The number of amides is 1. The van der Waals surface area contributed by atoms with Gasteiger partial charge in [0.15, 0.2) is 15.8 Å². The molecule has 3 aliphatic heterocycles. The Morgan fingerprint density at radius 3 is 2.49 bits per heavy atom. The zero-order chi connectivity index (χ0) is 29.6. The Morgan fingerprint density at radius 2 is 1.88 bits per heavy atom. The number of anilines is 1. The zero-order valence-corrected chi connectivity index (χ0v) is 25.1. The van der Waals surface area contributed by atoms with E-state index in [9.17, 15) is 29.5 Å². The topological polar surface area (TPSA) is 148 Å². The van der Waals surface area contributed by atoms with Gasteiger partial charge in [-0.3, -0.25) is 29.0 Å². The summed E-state index contributed by atoms with van der Waals surface area (Å²) in [7, 11) is 0. The number of esters is 1. The molecule has 41 heavy (non-hydrogen) atoms. The Hall–Kier alpha value is -3.31. The molecule has 16 heteroatoms. The molecule has 0 saturated carbocycles. The van der Waals surface area contributed by atoms with Crippen LogP contribution in [-0.4, -0.2) is 62.1 Å². The normalized spacial score (nSPS) is 19.0. The predicted octanol–water partition coefficient (Wildman–Crippen LogP) is 1.90. The number of rotatable bonds is 7. The maximum Gasteiger partial charge on any atom is 0.325 e. The van der Waals surface area contributed by atoms with Crippen molar-refractivity contribution in [3.05, 3.63) is 42.3 Å². The SMILES string of the molecule is CCOC(=O)CN1/C(=C(\C=c2\s/c(=C3\SC(=S)N(O)C3=O)n(CC(=O)O)c2=O)C(C)C)Sc2cc3c(cc21)OCO3. The molecule has 5 rings (SSSR count). The van der Waals surface area contributed by atoms with Gasteiger partial charge in [-0.2, -0.15) is 5.06 Å². The number of thiocarbonyl (C=S) groups is 1. The van der Waals surface area contributed by atoms with Crippen LogP contribution in [0, 0.1) is 5.92 Å². The van der Waals surface area contributed by atoms with Crippen molar-refractivity contribution in [3.8, 4) is 11.5 Å². The molecule has 3 aliphatic rings. The minimum atomic E-state index is -1.28. The van der Waals surface area contributed by atoms with E-state index in [-0.39, 0.29) is 44.3 Å². The monoisotopic (exact) mass is 637 g/mol. The van der Waals surface area contributed by atoms with Gasteiger partial charge in [0, 0.05) is 17.0 Å². The number of fused-ring (bicyclic) bond motifs is 2. The van der Waals surface area contributed by atoms with Gasteiger partial charge < -0.3 is 24.2 Å². The van der Waals surface area contributed by atoms with Crippen molar-refractivity contribution < 1.29 is 38.9 Å². The van der Waals surface area contributed by atoms with E-state index in [1.54, 1.807) is 24.0 Å². The molecule has 1 fully saturated rings. The number of hydrogen-bond donors (Lipinski definition) is 2. The number of carbonyl (C=O) groups is 3. The lowest BCUT2D eigenvalue weighted by Crippen LogP contribution is -2.35. The molecular weight excluding hydrogens is 615 g/mol. The minimum Gasteiger partial charge on any atom is -0.480 e. The van der Waals surface area contributed by atoms with Gasteiger partial charge in [-0.15, -0.1) is 11.3 Å². The molecule has 1 amide bonds. The van der Waals surface area contributed by atoms with Crippen LogP contribution < -0.4 is 29.1 Å². The first kappa shape index (κ1) is 29.2. The van der Waals surface area contributed by atoms with Crippen molar-refractivity contribution in [2.75, 3.05) is 24.8 Å². The Morgan fingerprint density at radius 1 is 1.17 bits per heavy atom. The summed E-state index contributed by atoms with van der Waals surface area (Å²) in [5, 5.41) is 20.4. The lowest BCUT2D eigenvalue weighted by molar-refractivity contribution is -0.141. The summed E-state index contributed by atoms with van der Waals surface area (Å²) < 4.78 is 17.4. The van der Waals surface area contributed by atoms with E-state index in [0.29, 0.717) is 32.9 Å². The number of thiazole rings is 1. The second kappa shape index (κ2) is 11.5. The number of benzene rings is 1. The molecule has 216 valence electrons. The molecule has 1 aromatic heterocycles. The molecule has 0 unspecified atom stereocenters. The fraction of sp³-hybridized carbons (Fsp3) is 0.320. The van der Waals surface area contributed by atoms with Crippen LogP contribution in [0.3, 0.4) is 0 Å². The molecule has 0 bridgehead atoms. The van der Waals surface area contributed by atoms with Crippen LogP contribution in [0.5, 0.6) is 11.5 Å². The summed E-state index contributed by atoms with van der Waals surface area (Å²) >= 11 is 8.09. The van der Waals surface area contributed by atoms with E-state index in [1.165, 1.54) is 11.8 Å². The number of aromatic nitrogens is 1. The van der Waals surface area contributed by atoms with Gasteiger partial charge in [-0.25, -0.2) is 0 Å². The van der Waals surface area contributed by atoms with Crippen LogP contribution in [0.2, 0.25) is 0 Å². The first-order valence-electron chi connectivity index (χ1n) is 12.2. The highest BCUT2D eigenvalue weighted by atomic mass is 32.2. The van der Waals surface area contributed by atoms with Crippen molar-refractivity contribution in [1.82, 2.24) is 9.63 Å². The van der Waals surface area contributed by atoms with Gasteiger partial charge in [0.1, 0.15) is 22.7 Å². The van der Waals surface area contributed by atoms with Crippen LogP contribution in [0.25, 0.3) is 11.0 Å². The maximum atomic E-state index is 13.5. The third-order valence-corrected chi connectivity index (χ3v) is 9.89. The number of nitrogens with zero attached hydrogens (tertiary/aromatic N) is 3. The summed E-state index contributed by atoms with van der Waals surface area (Å²) in [5.74, 6) is -1.59. The van der Waals surface area contributed by atoms with E-state index in [1.807, 2.05) is 19.9 Å². The number of ether oxygens (including phenoxy) is 3. The van der Waals surface area contributed by atoms with Crippen molar-refractivity contribution >= 4 is 85.9 Å². The maximum absolute atomic E-state index is 13.5. The highest BCUT2D eigenvalue weighted by Crippen LogP contribution is 2.52. The third-order valence-electron chi connectivity index (χ3n) is 6.09. The third kappa shape index (κ3) is 5.49. The predicted molar refractivity (Wildman–Crippen MR) is 156 cm³/mol. The number of allylic oxidation sites excluding steroid dienone is 1. The number of carbonyl (C=O) groups excluding carboxylic acids is 2. The minimum absolute atomic E-state index is 0.0413. The smallest absolute Gasteiger partial charge is 0.325 e. The number of hydroxylamine groups is 2. The van der Waals surface area contributed by atoms with E-state index in [0.717, 1.165) is 32.6 Å². The molecule has 2 N–H and O–H groups in total.